The summed E-state index contributed by atoms with van der Waals surface area (Å²) in [6.45, 7) is 0. The van der Waals surface area contributed by atoms with Crippen LogP contribution in [0, 0.1) is 23.3 Å². The third kappa shape index (κ3) is 5.73. The third-order valence-electron chi connectivity index (χ3n) is 5.54. The Hall–Kier alpha value is -4.52. The van der Waals surface area contributed by atoms with Gasteiger partial charge in [0.25, 0.3) is 5.91 Å². The molecule has 3 aromatic carbocycles. The molecule has 0 radical (unpaired) electrons. The van der Waals surface area contributed by atoms with Crippen LogP contribution in [0.4, 0.5) is 28.9 Å². The first-order chi connectivity index (χ1) is 19.2. The third-order valence-corrected chi connectivity index (χ3v) is 6.48. The summed E-state index contributed by atoms with van der Waals surface area (Å²) in [7, 11) is 4.34. The van der Waals surface area contributed by atoms with Crippen LogP contribution >= 0.6 is 11.8 Å². The number of amidine groups is 1. The molecule has 8 nitrogen and oxygen atoms in total. The first-order valence-corrected chi connectivity index (χ1v) is 12.4. The Kier molecular flexibility index (Phi) is 8.63. The number of rotatable bonds is 8. The summed E-state index contributed by atoms with van der Waals surface area (Å²) in [6, 6.07) is 11.7. The Morgan fingerprint density at radius 1 is 0.950 bits per heavy atom. The molecule has 0 spiro atoms. The fourth-order valence-electron chi connectivity index (χ4n) is 3.73. The Morgan fingerprint density at radius 3 is 2.10 bits per heavy atom. The molecule has 0 saturated carbocycles. The molecular formula is C27H21F4N3O5S. The number of amides is 2. The SMILES string of the molecule is COc1cc(C=C2N=C(SCC(=O)Nc3c(F)c(F)cc(F)c3F)N(c3ccccc3)C2=O)cc(OC)c1OC. The number of methoxy groups -OCH3 is 3. The molecule has 0 aliphatic carbocycles. The fraction of sp³-hybridized carbons (Fsp3) is 0.148. The second-order valence-electron chi connectivity index (χ2n) is 8.04. The molecule has 0 unspecified atom stereocenters. The van der Waals surface area contributed by atoms with Gasteiger partial charge in [-0.05, 0) is 35.9 Å². The van der Waals surface area contributed by atoms with Crippen LogP contribution in [0.15, 0.2) is 59.2 Å². The van der Waals surface area contributed by atoms with Crippen molar-refractivity contribution in [2.24, 2.45) is 4.99 Å². The van der Waals surface area contributed by atoms with E-state index in [0.717, 1.165) is 11.8 Å². The smallest absolute Gasteiger partial charge is 0.283 e. The van der Waals surface area contributed by atoms with Gasteiger partial charge in [0.1, 0.15) is 11.4 Å². The lowest BCUT2D eigenvalue weighted by molar-refractivity contribution is -0.114. The maximum Gasteiger partial charge on any atom is 0.283 e. The lowest BCUT2D eigenvalue weighted by atomic mass is 10.1. The highest BCUT2D eigenvalue weighted by Gasteiger charge is 2.33. The number of hydrogen-bond acceptors (Lipinski definition) is 7. The van der Waals surface area contributed by atoms with E-state index in [1.807, 2.05) is 5.32 Å². The Balaban J connectivity index is 1.64. The average Bonchev–Trinajstić information content (AvgIpc) is 3.27. The molecule has 0 fully saturated rings. The first-order valence-electron chi connectivity index (χ1n) is 11.4. The highest BCUT2D eigenvalue weighted by atomic mass is 32.2. The van der Waals surface area contributed by atoms with Gasteiger partial charge in [0, 0.05) is 6.07 Å². The van der Waals surface area contributed by atoms with Crippen molar-refractivity contribution < 1.29 is 41.4 Å². The topological polar surface area (TPSA) is 89.5 Å². The minimum absolute atomic E-state index is 0.00493. The zero-order valence-electron chi connectivity index (χ0n) is 21.3. The molecular weight excluding hydrogens is 554 g/mol. The average molecular weight is 576 g/mol. The number of ether oxygens (including phenoxy) is 3. The van der Waals surface area contributed by atoms with Gasteiger partial charge in [-0.15, -0.1) is 0 Å². The summed E-state index contributed by atoms with van der Waals surface area (Å²) in [5, 5.41) is 1.91. The lowest BCUT2D eigenvalue weighted by Gasteiger charge is -2.17. The molecule has 3 aromatic rings. The maximum atomic E-state index is 14.0. The van der Waals surface area contributed by atoms with E-state index in [4.69, 9.17) is 14.2 Å². The molecule has 13 heteroatoms. The molecule has 0 aromatic heterocycles. The highest BCUT2D eigenvalue weighted by molar-refractivity contribution is 8.14. The summed E-state index contributed by atoms with van der Waals surface area (Å²) in [5.41, 5.74) is -0.310. The van der Waals surface area contributed by atoms with Crippen LogP contribution in [0.2, 0.25) is 0 Å². The molecule has 208 valence electrons. The maximum absolute atomic E-state index is 14.0. The van der Waals surface area contributed by atoms with Gasteiger partial charge in [0.05, 0.1) is 32.8 Å². The number of anilines is 2. The molecule has 1 heterocycles. The van der Waals surface area contributed by atoms with E-state index < -0.39 is 46.5 Å². The second-order valence-corrected chi connectivity index (χ2v) is 8.98. The summed E-state index contributed by atoms with van der Waals surface area (Å²) in [6.07, 6.45) is 1.48. The van der Waals surface area contributed by atoms with Gasteiger partial charge in [-0.1, -0.05) is 30.0 Å². The summed E-state index contributed by atoms with van der Waals surface area (Å²) in [5.74, 6) is -7.76. The van der Waals surface area contributed by atoms with E-state index in [-0.39, 0.29) is 16.9 Å². The van der Waals surface area contributed by atoms with Crippen molar-refractivity contribution in [3.63, 3.8) is 0 Å². The van der Waals surface area contributed by atoms with Crippen LogP contribution in [-0.2, 0) is 9.59 Å². The number of thioether (sulfide) groups is 1. The number of para-hydroxylation sites is 1. The van der Waals surface area contributed by atoms with Crippen LogP contribution in [0.3, 0.4) is 0 Å². The number of halogens is 4. The van der Waals surface area contributed by atoms with Crippen LogP contribution in [0.1, 0.15) is 5.56 Å². The van der Waals surface area contributed by atoms with Crippen molar-refractivity contribution in [2.75, 3.05) is 37.3 Å². The van der Waals surface area contributed by atoms with Crippen molar-refractivity contribution in [3.8, 4) is 17.2 Å². The zero-order chi connectivity index (χ0) is 29.0. The quantitative estimate of drug-likeness (QED) is 0.220. The number of benzene rings is 3. The molecule has 4 rings (SSSR count). The van der Waals surface area contributed by atoms with Gasteiger partial charge in [-0.2, -0.15) is 0 Å². The monoisotopic (exact) mass is 575 g/mol. The largest absolute Gasteiger partial charge is 0.493 e. The molecule has 0 saturated heterocycles. The summed E-state index contributed by atoms with van der Waals surface area (Å²) < 4.78 is 71.0. The minimum Gasteiger partial charge on any atom is -0.493 e. The summed E-state index contributed by atoms with van der Waals surface area (Å²) >= 11 is 0.774. The van der Waals surface area contributed by atoms with E-state index in [9.17, 15) is 27.2 Å². The normalized spacial score (nSPS) is 13.9. The molecule has 1 aliphatic heterocycles. The molecule has 0 atom stereocenters. The van der Waals surface area contributed by atoms with Gasteiger partial charge in [0.15, 0.2) is 39.9 Å². The summed E-state index contributed by atoms with van der Waals surface area (Å²) in [4.78, 5) is 31.5. The fourth-order valence-corrected chi connectivity index (χ4v) is 4.54. The van der Waals surface area contributed by atoms with Crippen molar-refractivity contribution in [1.29, 1.82) is 0 Å². The van der Waals surface area contributed by atoms with E-state index in [1.54, 1.807) is 42.5 Å². The van der Waals surface area contributed by atoms with Crippen LogP contribution in [0.5, 0.6) is 17.2 Å². The molecule has 1 N–H and O–H groups in total. The zero-order valence-corrected chi connectivity index (χ0v) is 22.1. The highest BCUT2D eigenvalue weighted by Crippen LogP contribution is 2.39. The van der Waals surface area contributed by atoms with Crippen molar-refractivity contribution in [3.05, 3.63) is 83.1 Å². The van der Waals surface area contributed by atoms with Crippen LogP contribution < -0.4 is 24.4 Å². The second kappa shape index (κ2) is 12.1. The number of carbonyl (C=O) groups is 2. The number of carbonyl (C=O) groups excluding carboxylic acids is 2. The number of nitrogens with one attached hydrogen (secondary N) is 1. The van der Waals surface area contributed by atoms with Crippen LogP contribution in [0.25, 0.3) is 6.08 Å². The van der Waals surface area contributed by atoms with E-state index in [0.29, 0.717) is 28.5 Å². The lowest BCUT2D eigenvalue weighted by Crippen LogP contribution is -2.31. The molecule has 40 heavy (non-hydrogen) atoms. The predicted molar refractivity (Wildman–Crippen MR) is 143 cm³/mol. The number of nitrogens with zero attached hydrogens (tertiary/aromatic N) is 2. The van der Waals surface area contributed by atoms with Gasteiger partial charge >= 0.3 is 0 Å². The Morgan fingerprint density at radius 2 is 1.55 bits per heavy atom. The Labute approximate surface area is 230 Å². The first kappa shape index (κ1) is 28.5. The van der Waals surface area contributed by atoms with Crippen LogP contribution in [-0.4, -0.2) is 44.1 Å². The van der Waals surface area contributed by atoms with E-state index in [2.05, 4.69) is 4.99 Å². The number of hydrogen-bond donors (Lipinski definition) is 1. The Bertz CT molecular complexity index is 1480. The van der Waals surface area contributed by atoms with E-state index >= 15 is 0 Å². The molecule has 1 aliphatic rings. The molecule has 0 bridgehead atoms. The van der Waals surface area contributed by atoms with Gasteiger partial charge in [-0.3, -0.25) is 14.5 Å². The van der Waals surface area contributed by atoms with Crippen molar-refractivity contribution >= 4 is 46.2 Å². The minimum atomic E-state index is -1.74. The van der Waals surface area contributed by atoms with E-state index in [1.165, 1.54) is 32.3 Å². The van der Waals surface area contributed by atoms with Gasteiger partial charge in [-0.25, -0.2) is 22.6 Å². The standard InChI is InChI=1S/C27H21F4N3O5S/c1-37-19-10-14(11-20(38-2)25(19)39-3)9-18-26(36)34(15-7-5-4-6-8-15)27(32-18)40-13-21(35)33-24-22(30)16(28)12-17(29)23(24)31/h4-12H,13H2,1-3H3,(H,33,35). The predicted octanol–water partition coefficient (Wildman–Crippen LogP) is 5.38. The van der Waals surface area contributed by atoms with Crippen molar-refractivity contribution in [1.82, 2.24) is 0 Å². The number of aliphatic imine (C=N–C) groups is 1. The van der Waals surface area contributed by atoms with Crippen molar-refractivity contribution in [2.45, 2.75) is 0 Å². The molecule has 2 amide bonds. The van der Waals surface area contributed by atoms with Gasteiger partial charge < -0.3 is 19.5 Å². The van der Waals surface area contributed by atoms with Gasteiger partial charge in [0.2, 0.25) is 11.7 Å².